The molecule has 2 aromatic rings. The lowest BCUT2D eigenvalue weighted by Gasteiger charge is -2.27. The van der Waals surface area contributed by atoms with Crippen LogP contribution in [0.2, 0.25) is 10.0 Å². The van der Waals surface area contributed by atoms with Gasteiger partial charge in [-0.1, -0.05) is 29.3 Å². The van der Waals surface area contributed by atoms with E-state index in [0.717, 1.165) is 17.0 Å². The fourth-order valence-corrected chi connectivity index (χ4v) is 3.75. The number of carbonyl (C=O) groups excluding carboxylic acids is 1. The van der Waals surface area contributed by atoms with E-state index < -0.39 is 0 Å². The third kappa shape index (κ3) is 4.97. The largest absolute Gasteiger partial charge is 0.378 e. The number of morpholine rings is 1. The van der Waals surface area contributed by atoms with Crippen molar-refractivity contribution in [2.75, 3.05) is 26.3 Å². The molecule has 29 heavy (non-hydrogen) atoms. The van der Waals surface area contributed by atoms with E-state index in [1.807, 2.05) is 19.9 Å². The van der Waals surface area contributed by atoms with Gasteiger partial charge in [0.05, 0.1) is 41.1 Å². The fraction of sp³-hybridized carbons (Fsp3) is 0.318. The number of benzene rings is 2. The summed E-state index contributed by atoms with van der Waals surface area (Å²) in [6, 6.07) is 10.9. The second-order valence-corrected chi connectivity index (χ2v) is 7.71. The van der Waals surface area contributed by atoms with Crippen LogP contribution in [0.3, 0.4) is 0 Å². The first-order chi connectivity index (χ1) is 13.9. The zero-order valence-electron chi connectivity index (χ0n) is 16.3. The van der Waals surface area contributed by atoms with Crippen LogP contribution in [0.15, 0.2) is 35.3 Å². The third-order valence-electron chi connectivity index (χ3n) is 4.80. The van der Waals surface area contributed by atoms with Crippen LogP contribution in [0.1, 0.15) is 34.0 Å². The van der Waals surface area contributed by atoms with E-state index >= 15 is 0 Å². The van der Waals surface area contributed by atoms with E-state index in [9.17, 15) is 4.79 Å². The third-order valence-corrected chi connectivity index (χ3v) is 5.58. The maximum absolute atomic E-state index is 12.9. The predicted molar refractivity (Wildman–Crippen MR) is 116 cm³/mol. The van der Waals surface area contributed by atoms with Gasteiger partial charge in [0, 0.05) is 30.2 Å². The number of ether oxygens (including phenoxy) is 1. The van der Waals surface area contributed by atoms with Gasteiger partial charge in [0.1, 0.15) is 0 Å². The molecule has 7 heteroatoms. The maximum Gasteiger partial charge on any atom is 0.255 e. The Bertz CT molecular complexity index is 1010. The quantitative estimate of drug-likeness (QED) is 0.643. The number of aryl methyl sites for hydroxylation is 1. The van der Waals surface area contributed by atoms with Crippen molar-refractivity contribution in [3.05, 3.63) is 62.6 Å². The number of hydrogen-bond acceptors (Lipinski definition) is 4. The lowest BCUT2D eigenvalue weighted by molar-refractivity contribution is 0.0303. The maximum atomic E-state index is 12.9. The van der Waals surface area contributed by atoms with Gasteiger partial charge in [0.15, 0.2) is 0 Å². The number of rotatable bonds is 4. The molecule has 1 saturated heterocycles. The molecule has 0 unspecified atom stereocenters. The van der Waals surface area contributed by atoms with E-state index in [1.54, 1.807) is 29.2 Å². The Kier molecular flexibility index (Phi) is 6.92. The number of hydrogen-bond donors (Lipinski definition) is 0. The molecule has 0 aromatic heterocycles. The van der Waals surface area contributed by atoms with Crippen LogP contribution in [0.25, 0.3) is 0 Å². The molecule has 0 bridgehead atoms. The fourth-order valence-electron chi connectivity index (χ4n) is 3.16. The van der Waals surface area contributed by atoms with Crippen molar-refractivity contribution < 1.29 is 9.53 Å². The van der Waals surface area contributed by atoms with Gasteiger partial charge in [-0.05, 0) is 49.2 Å². The summed E-state index contributed by atoms with van der Waals surface area (Å²) >= 11 is 13.0. The van der Waals surface area contributed by atoms with Gasteiger partial charge >= 0.3 is 0 Å². The van der Waals surface area contributed by atoms with E-state index in [1.165, 1.54) is 0 Å². The molecule has 0 spiro atoms. The Balaban J connectivity index is 1.89. The summed E-state index contributed by atoms with van der Waals surface area (Å²) in [4.78, 5) is 19.2. The summed E-state index contributed by atoms with van der Waals surface area (Å²) in [5.74, 6) is -0.122. The molecule has 0 radical (unpaired) electrons. The molecule has 1 aliphatic heterocycles. The minimum atomic E-state index is -0.122. The van der Waals surface area contributed by atoms with E-state index in [4.69, 9.17) is 33.2 Å². The highest BCUT2D eigenvalue weighted by molar-refractivity contribution is 6.38. The summed E-state index contributed by atoms with van der Waals surface area (Å²) in [7, 11) is 0. The molecule has 0 atom stereocenters. The molecule has 1 heterocycles. The average molecular weight is 430 g/mol. The van der Waals surface area contributed by atoms with Gasteiger partial charge in [-0.25, -0.2) is 0 Å². The summed E-state index contributed by atoms with van der Waals surface area (Å²) in [6.07, 6.45) is 0.401. The van der Waals surface area contributed by atoms with Crippen LogP contribution in [-0.2, 0) is 11.2 Å². The first-order valence-corrected chi connectivity index (χ1v) is 10.0. The minimum absolute atomic E-state index is 0.122. The Morgan fingerprint density at radius 2 is 1.97 bits per heavy atom. The Hall–Kier alpha value is -2.39. The van der Waals surface area contributed by atoms with Gasteiger partial charge in [-0.15, -0.1) is 0 Å². The Morgan fingerprint density at radius 1 is 1.24 bits per heavy atom. The molecule has 1 amide bonds. The monoisotopic (exact) mass is 429 g/mol. The predicted octanol–water partition coefficient (Wildman–Crippen LogP) is 4.98. The molecular weight excluding hydrogens is 409 g/mol. The van der Waals surface area contributed by atoms with Gasteiger partial charge in [0.2, 0.25) is 0 Å². The minimum Gasteiger partial charge on any atom is -0.378 e. The van der Waals surface area contributed by atoms with E-state index in [2.05, 4.69) is 11.1 Å². The van der Waals surface area contributed by atoms with Gasteiger partial charge in [-0.3, -0.25) is 9.79 Å². The molecule has 150 valence electrons. The molecule has 0 saturated carbocycles. The first kappa shape index (κ1) is 21.3. The number of nitrogens with zero attached hydrogens (tertiary/aromatic N) is 3. The van der Waals surface area contributed by atoms with Gasteiger partial charge in [-0.2, -0.15) is 5.26 Å². The first-order valence-electron chi connectivity index (χ1n) is 9.29. The SMILES string of the molecule is CC(Cc1c(Cl)ccc(C(=O)N2CCOCC2)c1Cl)=Nc1cc(C#N)ccc1C. The highest BCUT2D eigenvalue weighted by Crippen LogP contribution is 2.31. The molecule has 3 rings (SSSR count). The zero-order chi connectivity index (χ0) is 21.0. The smallest absolute Gasteiger partial charge is 0.255 e. The zero-order valence-corrected chi connectivity index (χ0v) is 17.8. The highest BCUT2D eigenvalue weighted by atomic mass is 35.5. The second-order valence-electron chi connectivity index (χ2n) is 6.93. The van der Waals surface area contributed by atoms with Crippen molar-refractivity contribution in [3.8, 4) is 6.07 Å². The Morgan fingerprint density at radius 3 is 2.66 bits per heavy atom. The average Bonchev–Trinajstić information content (AvgIpc) is 2.73. The number of halogens is 2. The number of amides is 1. The molecule has 1 aliphatic rings. The van der Waals surface area contributed by atoms with Crippen molar-refractivity contribution in [1.29, 1.82) is 5.26 Å². The van der Waals surface area contributed by atoms with Crippen molar-refractivity contribution in [2.45, 2.75) is 20.3 Å². The van der Waals surface area contributed by atoms with Crippen molar-refractivity contribution >= 4 is 40.5 Å². The van der Waals surface area contributed by atoms with E-state index in [0.29, 0.717) is 59.5 Å². The lowest BCUT2D eigenvalue weighted by Crippen LogP contribution is -2.40. The van der Waals surface area contributed by atoms with Crippen molar-refractivity contribution in [3.63, 3.8) is 0 Å². The van der Waals surface area contributed by atoms with Crippen LogP contribution >= 0.6 is 23.2 Å². The van der Waals surface area contributed by atoms with Crippen LogP contribution in [-0.4, -0.2) is 42.8 Å². The second kappa shape index (κ2) is 9.41. The van der Waals surface area contributed by atoms with Gasteiger partial charge < -0.3 is 9.64 Å². The normalized spacial score (nSPS) is 14.6. The highest BCUT2D eigenvalue weighted by Gasteiger charge is 2.23. The number of carbonyl (C=O) groups is 1. The standard InChI is InChI=1S/C22H21Cl2N3O2/c1-14-3-4-16(13-25)12-20(14)26-15(2)11-18-19(23)6-5-17(21(18)24)22(28)27-7-9-29-10-8-27/h3-6,12H,7-11H2,1-2H3. The Labute approximate surface area is 180 Å². The summed E-state index contributed by atoms with van der Waals surface area (Å²) in [5.41, 5.74) is 4.14. The molecule has 0 N–H and O–H groups in total. The molecule has 5 nitrogen and oxygen atoms in total. The van der Waals surface area contributed by atoms with Crippen LogP contribution in [0.4, 0.5) is 5.69 Å². The molecule has 0 aliphatic carbocycles. The van der Waals surface area contributed by atoms with Crippen LogP contribution in [0.5, 0.6) is 0 Å². The molecular formula is C22H21Cl2N3O2. The van der Waals surface area contributed by atoms with Gasteiger partial charge in [0.25, 0.3) is 5.91 Å². The number of nitriles is 1. The molecule has 1 fully saturated rings. The number of aliphatic imine (C=N–C) groups is 1. The summed E-state index contributed by atoms with van der Waals surface area (Å²) < 4.78 is 5.31. The lowest BCUT2D eigenvalue weighted by atomic mass is 10.0. The summed E-state index contributed by atoms with van der Waals surface area (Å²) in [5, 5.41) is 9.95. The topological polar surface area (TPSA) is 65.7 Å². The van der Waals surface area contributed by atoms with Crippen LogP contribution in [0, 0.1) is 18.3 Å². The van der Waals surface area contributed by atoms with Crippen molar-refractivity contribution in [2.24, 2.45) is 4.99 Å². The van der Waals surface area contributed by atoms with Crippen molar-refractivity contribution in [1.82, 2.24) is 4.90 Å². The van der Waals surface area contributed by atoms with Crippen LogP contribution < -0.4 is 0 Å². The van der Waals surface area contributed by atoms with E-state index in [-0.39, 0.29) is 5.91 Å². The summed E-state index contributed by atoms with van der Waals surface area (Å²) in [6.45, 7) is 5.95. The molecule has 2 aromatic carbocycles.